The lowest BCUT2D eigenvalue weighted by molar-refractivity contribution is -0.151. The molecule has 0 spiro atoms. The van der Waals surface area contributed by atoms with Crippen molar-refractivity contribution < 1.29 is 14.3 Å². The van der Waals surface area contributed by atoms with Crippen LogP contribution in [-0.4, -0.2) is 18.7 Å². The molecule has 0 aliphatic rings. The highest BCUT2D eigenvalue weighted by Crippen LogP contribution is 2.06. The minimum atomic E-state index is -0.183. The van der Waals surface area contributed by atoms with E-state index in [1.54, 1.807) is 0 Å². The molecule has 1 aromatic rings. The van der Waals surface area contributed by atoms with Crippen molar-refractivity contribution in [1.29, 1.82) is 0 Å². The first-order chi connectivity index (χ1) is 9.72. The Kier molecular flexibility index (Phi) is 8.72. The minimum Gasteiger partial charge on any atom is -0.460 e. The van der Waals surface area contributed by atoms with E-state index in [0.29, 0.717) is 19.6 Å². The minimum absolute atomic E-state index is 0.114. The largest absolute Gasteiger partial charge is 0.460 e. The van der Waals surface area contributed by atoms with Crippen LogP contribution in [-0.2, 0) is 20.9 Å². The van der Waals surface area contributed by atoms with Crippen LogP contribution in [0.3, 0.4) is 0 Å². The third kappa shape index (κ3) is 7.95. The van der Waals surface area contributed by atoms with Crippen molar-refractivity contribution in [2.75, 3.05) is 6.61 Å². The molecule has 1 aromatic carbocycles. The van der Waals surface area contributed by atoms with E-state index in [0.717, 1.165) is 18.4 Å². The summed E-state index contributed by atoms with van der Waals surface area (Å²) >= 11 is 0. The van der Waals surface area contributed by atoms with Crippen LogP contribution in [0.5, 0.6) is 0 Å². The molecule has 3 nitrogen and oxygen atoms in total. The molecule has 0 N–H and O–H groups in total. The lowest BCUT2D eigenvalue weighted by atomic mass is 10.1. The Balaban J connectivity index is 2.07. The van der Waals surface area contributed by atoms with Crippen LogP contribution < -0.4 is 0 Å². The number of rotatable bonds is 10. The van der Waals surface area contributed by atoms with E-state index >= 15 is 0 Å². The monoisotopic (exact) mass is 278 g/mol. The Morgan fingerprint density at radius 1 is 1.15 bits per heavy atom. The van der Waals surface area contributed by atoms with Crippen molar-refractivity contribution in [1.82, 2.24) is 0 Å². The van der Waals surface area contributed by atoms with Crippen molar-refractivity contribution in [2.24, 2.45) is 0 Å². The van der Waals surface area contributed by atoms with Gasteiger partial charge in [0.15, 0.2) is 0 Å². The normalized spacial score (nSPS) is 12.1. The Bertz CT molecular complexity index is 362. The molecule has 0 amide bonds. The van der Waals surface area contributed by atoms with E-state index in [1.165, 1.54) is 12.8 Å². The summed E-state index contributed by atoms with van der Waals surface area (Å²) in [5, 5.41) is 0. The maximum Gasteiger partial charge on any atom is 0.306 e. The van der Waals surface area contributed by atoms with Gasteiger partial charge in [0.25, 0.3) is 0 Å². The number of esters is 1. The van der Waals surface area contributed by atoms with E-state index in [1.807, 2.05) is 37.3 Å². The van der Waals surface area contributed by atoms with Crippen LogP contribution >= 0.6 is 0 Å². The topological polar surface area (TPSA) is 35.5 Å². The van der Waals surface area contributed by atoms with Gasteiger partial charge >= 0.3 is 5.97 Å². The molecule has 0 aliphatic heterocycles. The molecule has 20 heavy (non-hydrogen) atoms. The number of carbonyl (C=O) groups is 1. The fourth-order valence-electron chi connectivity index (χ4n) is 1.93. The molecule has 0 radical (unpaired) electrons. The molecule has 1 rings (SSSR count). The maximum absolute atomic E-state index is 11.6. The van der Waals surface area contributed by atoms with E-state index < -0.39 is 0 Å². The predicted molar refractivity (Wildman–Crippen MR) is 80.4 cm³/mol. The van der Waals surface area contributed by atoms with Gasteiger partial charge in [-0.15, -0.1) is 0 Å². The molecule has 0 saturated carbocycles. The molecule has 1 unspecified atom stereocenters. The zero-order valence-electron chi connectivity index (χ0n) is 12.6. The maximum atomic E-state index is 11.6. The van der Waals surface area contributed by atoms with Crippen molar-refractivity contribution in [2.45, 2.75) is 58.7 Å². The Morgan fingerprint density at radius 3 is 2.60 bits per heavy atom. The fraction of sp³-hybridized carbons (Fsp3) is 0.588. The van der Waals surface area contributed by atoms with E-state index in [-0.39, 0.29) is 12.1 Å². The Morgan fingerprint density at radius 2 is 1.90 bits per heavy atom. The van der Waals surface area contributed by atoms with Crippen LogP contribution in [0, 0.1) is 0 Å². The first kappa shape index (κ1) is 16.7. The Labute approximate surface area is 122 Å². The van der Waals surface area contributed by atoms with Gasteiger partial charge in [-0.2, -0.15) is 0 Å². The molecule has 3 heteroatoms. The zero-order valence-corrected chi connectivity index (χ0v) is 12.6. The van der Waals surface area contributed by atoms with Crippen LogP contribution in [0.15, 0.2) is 30.3 Å². The molecule has 0 fully saturated rings. The van der Waals surface area contributed by atoms with Crippen molar-refractivity contribution in [3.63, 3.8) is 0 Å². The molecular weight excluding hydrogens is 252 g/mol. The van der Waals surface area contributed by atoms with E-state index in [2.05, 4.69) is 6.92 Å². The quantitative estimate of drug-likeness (QED) is 0.477. The first-order valence-electron chi connectivity index (χ1n) is 7.53. The van der Waals surface area contributed by atoms with Crippen LogP contribution in [0.4, 0.5) is 0 Å². The second-order valence-electron chi connectivity index (χ2n) is 5.11. The molecular formula is C17H26O3. The van der Waals surface area contributed by atoms with Gasteiger partial charge in [0.05, 0.1) is 13.2 Å². The summed E-state index contributed by atoms with van der Waals surface area (Å²) in [7, 11) is 0. The highest BCUT2D eigenvalue weighted by molar-refractivity contribution is 5.69. The first-order valence-corrected chi connectivity index (χ1v) is 7.53. The highest BCUT2D eigenvalue weighted by Gasteiger charge is 2.09. The average Bonchev–Trinajstić information content (AvgIpc) is 2.45. The van der Waals surface area contributed by atoms with E-state index in [9.17, 15) is 4.79 Å². The smallest absolute Gasteiger partial charge is 0.306 e. The second kappa shape index (κ2) is 10.4. The van der Waals surface area contributed by atoms with Gasteiger partial charge in [-0.25, -0.2) is 0 Å². The van der Waals surface area contributed by atoms with Gasteiger partial charge in [-0.1, -0.05) is 56.5 Å². The van der Waals surface area contributed by atoms with Gasteiger partial charge in [0.2, 0.25) is 0 Å². The summed E-state index contributed by atoms with van der Waals surface area (Å²) in [6.45, 7) is 5.02. The SMILES string of the molecule is CCCCCCC(=O)OC(C)COCc1ccccc1. The van der Waals surface area contributed by atoms with Gasteiger partial charge < -0.3 is 9.47 Å². The summed E-state index contributed by atoms with van der Waals surface area (Å²) in [4.78, 5) is 11.6. The zero-order chi connectivity index (χ0) is 14.6. The van der Waals surface area contributed by atoms with Gasteiger partial charge in [0, 0.05) is 6.42 Å². The van der Waals surface area contributed by atoms with Gasteiger partial charge in [-0.05, 0) is 18.9 Å². The second-order valence-corrected chi connectivity index (χ2v) is 5.11. The average molecular weight is 278 g/mol. The number of hydrogen-bond acceptors (Lipinski definition) is 3. The lowest BCUT2D eigenvalue weighted by Crippen LogP contribution is -2.20. The summed E-state index contributed by atoms with van der Waals surface area (Å²) in [6, 6.07) is 9.98. The molecule has 0 aromatic heterocycles. The van der Waals surface area contributed by atoms with Crippen molar-refractivity contribution in [3.05, 3.63) is 35.9 Å². The molecule has 112 valence electrons. The summed E-state index contributed by atoms with van der Waals surface area (Å²) < 4.78 is 10.9. The number of benzene rings is 1. The predicted octanol–water partition coefficient (Wildman–Crippen LogP) is 4.11. The third-order valence-electron chi connectivity index (χ3n) is 3.03. The molecule has 1 atom stereocenters. The van der Waals surface area contributed by atoms with Crippen LogP contribution in [0.25, 0.3) is 0 Å². The summed E-state index contributed by atoms with van der Waals surface area (Å²) in [5.41, 5.74) is 1.13. The standard InChI is InChI=1S/C17H26O3/c1-3-4-5-9-12-17(18)20-15(2)13-19-14-16-10-7-6-8-11-16/h6-8,10-11,15H,3-5,9,12-14H2,1-2H3. The number of hydrogen-bond donors (Lipinski definition) is 0. The molecule has 0 bridgehead atoms. The van der Waals surface area contributed by atoms with Crippen molar-refractivity contribution >= 4 is 5.97 Å². The number of unbranched alkanes of at least 4 members (excludes halogenated alkanes) is 3. The number of carbonyl (C=O) groups excluding carboxylic acids is 1. The molecule has 0 saturated heterocycles. The highest BCUT2D eigenvalue weighted by atomic mass is 16.6. The van der Waals surface area contributed by atoms with E-state index in [4.69, 9.17) is 9.47 Å². The van der Waals surface area contributed by atoms with Crippen LogP contribution in [0.1, 0.15) is 51.5 Å². The molecule has 0 aliphatic carbocycles. The van der Waals surface area contributed by atoms with Crippen molar-refractivity contribution in [3.8, 4) is 0 Å². The van der Waals surface area contributed by atoms with Crippen LogP contribution in [0.2, 0.25) is 0 Å². The number of ether oxygens (including phenoxy) is 2. The fourth-order valence-corrected chi connectivity index (χ4v) is 1.93. The molecule has 0 heterocycles. The van der Waals surface area contributed by atoms with Gasteiger partial charge in [-0.3, -0.25) is 4.79 Å². The third-order valence-corrected chi connectivity index (χ3v) is 3.03. The summed E-state index contributed by atoms with van der Waals surface area (Å²) in [6.07, 6.45) is 4.72. The Hall–Kier alpha value is -1.35. The van der Waals surface area contributed by atoms with Gasteiger partial charge in [0.1, 0.15) is 6.10 Å². The summed E-state index contributed by atoms with van der Waals surface area (Å²) in [5.74, 6) is -0.114. The lowest BCUT2D eigenvalue weighted by Gasteiger charge is -2.13.